The minimum atomic E-state index is -0.426. The number of benzene rings is 2. The first-order valence-electron chi connectivity index (χ1n) is 7.50. The van der Waals surface area contributed by atoms with Gasteiger partial charge in [-0.2, -0.15) is 0 Å². The molecular formula is C17H17FN2O4. The zero-order chi connectivity index (χ0) is 16.8. The van der Waals surface area contributed by atoms with E-state index in [0.29, 0.717) is 18.0 Å². The van der Waals surface area contributed by atoms with Gasteiger partial charge < -0.3 is 24.8 Å². The quantitative estimate of drug-likeness (QED) is 0.797. The maximum Gasteiger partial charge on any atom is 0.315 e. The SMILES string of the molecule is O=C(NCCOc1ccccc1F)NCc1ccc2c(c1)OCO2. The lowest BCUT2D eigenvalue weighted by molar-refractivity contribution is 0.174. The highest BCUT2D eigenvalue weighted by Crippen LogP contribution is 2.32. The van der Waals surface area contributed by atoms with Crippen molar-refractivity contribution in [1.29, 1.82) is 0 Å². The Morgan fingerprint density at radius 1 is 1.12 bits per heavy atom. The molecule has 7 heteroatoms. The molecule has 0 saturated carbocycles. The van der Waals surface area contributed by atoms with Crippen molar-refractivity contribution in [3.05, 3.63) is 53.8 Å². The first-order chi connectivity index (χ1) is 11.7. The summed E-state index contributed by atoms with van der Waals surface area (Å²) in [5, 5.41) is 5.37. The molecule has 3 rings (SSSR count). The third-order valence-corrected chi connectivity index (χ3v) is 3.37. The molecule has 0 spiro atoms. The maximum atomic E-state index is 13.3. The largest absolute Gasteiger partial charge is 0.489 e. The van der Waals surface area contributed by atoms with Crippen molar-refractivity contribution >= 4 is 6.03 Å². The number of rotatable bonds is 6. The molecule has 1 aliphatic rings. The first kappa shape index (κ1) is 15.9. The molecule has 0 aliphatic carbocycles. The molecular weight excluding hydrogens is 315 g/mol. The Morgan fingerprint density at radius 2 is 1.96 bits per heavy atom. The van der Waals surface area contributed by atoms with E-state index in [1.165, 1.54) is 12.1 Å². The van der Waals surface area contributed by atoms with Crippen LogP contribution in [0.4, 0.5) is 9.18 Å². The Hall–Kier alpha value is -2.96. The summed E-state index contributed by atoms with van der Waals surface area (Å²) in [4.78, 5) is 11.7. The Balaban J connectivity index is 1.36. The summed E-state index contributed by atoms with van der Waals surface area (Å²) in [5.41, 5.74) is 0.900. The molecule has 0 aromatic heterocycles. The van der Waals surface area contributed by atoms with Gasteiger partial charge in [-0.3, -0.25) is 0 Å². The first-order valence-corrected chi connectivity index (χ1v) is 7.50. The summed E-state index contributed by atoms with van der Waals surface area (Å²) in [6.07, 6.45) is 0. The van der Waals surface area contributed by atoms with Crippen LogP contribution in [0.2, 0.25) is 0 Å². The minimum absolute atomic E-state index is 0.167. The second-order valence-electron chi connectivity index (χ2n) is 5.08. The number of urea groups is 1. The van der Waals surface area contributed by atoms with Crippen molar-refractivity contribution < 1.29 is 23.4 Å². The van der Waals surface area contributed by atoms with Crippen LogP contribution in [0.5, 0.6) is 17.2 Å². The van der Waals surface area contributed by atoms with Crippen molar-refractivity contribution in [3.8, 4) is 17.2 Å². The molecule has 0 saturated heterocycles. The Labute approximate surface area is 138 Å². The summed E-state index contributed by atoms with van der Waals surface area (Å²) in [7, 11) is 0. The van der Waals surface area contributed by atoms with E-state index in [2.05, 4.69) is 10.6 Å². The maximum absolute atomic E-state index is 13.3. The van der Waals surface area contributed by atoms with E-state index in [9.17, 15) is 9.18 Å². The Bertz CT molecular complexity index is 723. The summed E-state index contributed by atoms with van der Waals surface area (Å²) in [6.45, 7) is 1.02. The van der Waals surface area contributed by atoms with Gasteiger partial charge in [0.05, 0.1) is 6.54 Å². The van der Waals surface area contributed by atoms with Gasteiger partial charge in [0.1, 0.15) is 6.61 Å². The number of nitrogens with one attached hydrogen (secondary N) is 2. The molecule has 0 bridgehead atoms. The monoisotopic (exact) mass is 332 g/mol. The van der Waals surface area contributed by atoms with Gasteiger partial charge in [-0.15, -0.1) is 0 Å². The van der Waals surface area contributed by atoms with Crippen LogP contribution >= 0.6 is 0 Å². The molecule has 0 unspecified atom stereocenters. The van der Waals surface area contributed by atoms with Crippen molar-refractivity contribution in [1.82, 2.24) is 10.6 Å². The van der Waals surface area contributed by atoms with Crippen LogP contribution in [0.25, 0.3) is 0 Å². The summed E-state index contributed by atoms with van der Waals surface area (Å²) < 4.78 is 29.1. The highest BCUT2D eigenvalue weighted by molar-refractivity contribution is 5.73. The number of hydrogen-bond acceptors (Lipinski definition) is 4. The number of para-hydroxylation sites is 1. The van der Waals surface area contributed by atoms with Crippen LogP contribution < -0.4 is 24.8 Å². The third-order valence-electron chi connectivity index (χ3n) is 3.37. The summed E-state index contributed by atoms with van der Waals surface area (Å²) in [6, 6.07) is 11.3. The molecule has 1 aliphatic heterocycles. The molecule has 0 fully saturated rings. The number of carbonyl (C=O) groups is 1. The van der Waals surface area contributed by atoms with Crippen LogP contribution in [-0.2, 0) is 6.54 Å². The molecule has 2 aromatic rings. The molecule has 0 atom stereocenters. The average Bonchev–Trinajstić information content (AvgIpc) is 3.06. The van der Waals surface area contributed by atoms with Gasteiger partial charge in [-0.05, 0) is 29.8 Å². The van der Waals surface area contributed by atoms with E-state index in [1.54, 1.807) is 18.2 Å². The second kappa shape index (κ2) is 7.54. The normalized spacial score (nSPS) is 11.9. The molecule has 2 amide bonds. The predicted octanol–water partition coefficient (Wildman–Crippen LogP) is 2.43. The fraction of sp³-hybridized carbons (Fsp3) is 0.235. The zero-order valence-corrected chi connectivity index (χ0v) is 12.9. The fourth-order valence-corrected chi connectivity index (χ4v) is 2.18. The molecule has 6 nitrogen and oxygen atoms in total. The number of carbonyl (C=O) groups excluding carboxylic acids is 1. The van der Waals surface area contributed by atoms with Crippen molar-refractivity contribution in [2.45, 2.75) is 6.54 Å². The van der Waals surface area contributed by atoms with Crippen molar-refractivity contribution in [2.24, 2.45) is 0 Å². The van der Waals surface area contributed by atoms with E-state index >= 15 is 0 Å². The number of halogens is 1. The lowest BCUT2D eigenvalue weighted by atomic mass is 10.2. The van der Waals surface area contributed by atoms with Gasteiger partial charge in [-0.25, -0.2) is 9.18 Å². The molecule has 2 aromatic carbocycles. The van der Waals surface area contributed by atoms with Gasteiger partial charge >= 0.3 is 6.03 Å². The van der Waals surface area contributed by atoms with Crippen LogP contribution in [-0.4, -0.2) is 26.0 Å². The third kappa shape index (κ3) is 4.07. The number of ether oxygens (including phenoxy) is 3. The van der Waals surface area contributed by atoms with Crippen LogP contribution in [0.15, 0.2) is 42.5 Å². The topological polar surface area (TPSA) is 68.8 Å². The number of hydrogen-bond donors (Lipinski definition) is 2. The van der Waals surface area contributed by atoms with Gasteiger partial charge in [0.2, 0.25) is 6.79 Å². The van der Waals surface area contributed by atoms with E-state index in [-0.39, 0.29) is 31.7 Å². The van der Waals surface area contributed by atoms with Crippen molar-refractivity contribution in [2.75, 3.05) is 19.9 Å². The number of fused-ring (bicyclic) bond motifs is 1. The van der Waals surface area contributed by atoms with Gasteiger partial charge in [-0.1, -0.05) is 18.2 Å². The molecule has 1 heterocycles. The smallest absolute Gasteiger partial charge is 0.315 e. The average molecular weight is 332 g/mol. The van der Waals surface area contributed by atoms with E-state index in [4.69, 9.17) is 14.2 Å². The molecule has 24 heavy (non-hydrogen) atoms. The Kier molecular flexibility index (Phi) is 5.00. The fourth-order valence-electron chi connectivity index (χ4n) is 2.18. The van der Waals surface area contributed by atoms with E-state index in [0.717, 1.165) is 5.56 Å². The standard InChI is InChI=1S/C17H17FN2O4/c18-13-3-1-2-4-14(13)22-8-7-19-17(21)20-10-12-5-6-15-16(9-12)24-11-23-15/h1-6,9H,7-8,10-11H2,(H2,19,20,21). The van der Waals surface area contributed by atoms with Crippen molar-refractivity contribution in [3.63, 3.8) is 0 Å². The van der Waals surface area contributed by atoms with Gasteiger partial charge in [0, 0.05) is 6.54 Å². The van der Waals surface area contributed by atoms with E-state index < -0.39 is 5.82 Å². The zero-order valence-electron chi connectivity index (χ0n) is 12.9. The minimum Gasteiger partial charge on any atom is -0.489 e. The lowest BCUT2D eigenvalue weighted by Gasteiger charge is -2.10. The molecule has 0 radical (unpaired) electrons. The highest BCUT2D eigenvalue weighted by Gasteiger charge is 2.13. The van der Waals surface area contributed by atoms with E-state index in [1.807, 2.05) is 12.1 Å². The summed E-state index contributed by atoms with van der Waals surface area (Å²) in [5.74, 6) is 1.12. The van der Waals surface area contributed by atoms with Crippen LogP contribution in [0.3, 0.4) is 0 Å². The van der Waals surface area contributed by atoms with Crippen LogP contribution in [0, 0.1) is 5.82 Å². The van der Waals surface area contributed by atoms with Gasteiger partial charge in [0.25, 0.3) is 0 Å². The molecule has 126 valence electrons. The predicted molar refractivity (Wildman–Crippen MR) is 84.7 cm³/mol. The molecule has 2 N–H and O–H groups in total. The van der Waals surface area contributed by atoms with Crippen LogP contribution in [0.1, 0.15) is 5.56 Å². The highest BCUT2D eigenvalue weighted by atomic mass is 19.1. The van der Waals surface area contributed by atoms with Gasteiger partial charge in [0.15, 0.2) is 23.1 Å². The Morgan fingerprint density at radius 3 is 2.83 bits per heavy atom. The lowest BCUT2D eigenvalue weighted by Crippen LogP contribution is -2.37. The summed E-state index contributed by atoms with van der Waals surface area (Å²) >= 11 is 0. The second-order valence-corrected chi connectivity index (χ2v) is 5.08. The number of amides is 2.